The van der Waals surface area contributed by atoms with Crippen LogP contribution < -0.4 is 5.32 Å². The van der Waals surface area contributed by atoms with Gasteiger partial charge in [-0.1, -0.05) is 12.8 Å². The normalized spacial score (nSPS) is 24.9. The maximum Gasteiger partial charge on any atom is 0.416 e. The van der Waals surface area contributed by atoms with Gasteiger partial charge in [-0.15, -0.1) is 0 Å². The lowest BCUT2D eigenvalue weighted by atomic mass is 9.92. The molecule has 1 aliphatic carbocycles. The molecule has 5 heteroatoms. The van der Waals surface area contributed by atoms with Crippen LogP contribution in [0.5, 0.6) is 0 Å². The van der Waals surface area contributed by atoms with Gasteiger partial charge in [0, 0.05) is 5.69 Å². The second-order valence-electron chi connectivity index (χ2n) is 4.68. The Morgan fingerprint density at radius 3 is 2.22 bits per heavy atom. The molecule has 2 rings (SSSR count). The summed E-state index contributed by atoms with van der Waals surface area (Å²) >= 11 is 0. The fraction of sp³-hybridized carbons (Fsp3) is 0.538. The van der Waals surface area contributed by atoms with Gasteiger partial charge in [0.25, 0.3) is 0 Å². The van der Waals surface area contributed by atoms with Crippen molar-refractivity contribution in [1.29, 1.82) is 0 Å². The smallest absolute Gasteiger partial charge is 0.391 e. The van der Waals surface area contributed by atoms with E-state index in [1.54, 1.807) is 0 Å². The van der Waals surface area contributed by atoms with Crippen molar-refractivity contribution in [3.63, 3.8) is 0 Å². The van der Waals surface area contributed by atoms with Gasteiger partial charge in [-0.2, -0.15) is 13.2 Å². The summed E-state index contributed by atoms with van der Waals surface area (Å²) in [6.45, 7) is 0. The third kappa shape index (κ3) is 3.16. The third-order valence-corrected chi connectivity index (χ3v) is 3.29. The number of alkyl halides is 3. The first-order chi connectivity index (χ1) is 8.47. The summed E-state index contributed by atoms with van der Waals surface area (Å²) in [7, 11) is 0. The maximum absolute atomic E-state index is 12.4. The number of rotatable bonds is 2. The number of aliphatic hydroxyl groups is 1. The Balaban J connectivity index is 2.02. The van der Waals surface area contributed by atoms with E-state index >= 15 is 0 Å². The van der Waals surface area contributed by atoms with E-state index in [4.69, 9.17) is 0 Å². The minimum absolute atomic E-state index is 0.0597. The van der Waals surface area contributed by atoms with E-state index in [0.717, 1.165) is 37.8 Å². The molecule has 0 heterocycles. The van der Waals surface area contributed by atoms with Crippen molar-refractivity contribution in [2.75, 3.05) is 5.32 Å². The average Bonchev–Trinajstić information content (AvgIpc) is 2.32. The molecule has 0 unspecified atom stereocenters. The van der Waals surface area contributed by atoms with E-state index in [1.807, 2.05) is 0 Å². The summed E-state index contributed by atoms with van der Waals surface area (Å²) in [6, 6.07) is 4.86. The molecule has 2 nitrogen and oxygen atoms in total. The first kappa shape index (κ1) is 13.2. The molecular weight excluding hydrogens is 243 g/mol. The number of anilines is 1. The molecule has 2 atom stereocenters. The third-order valence-electron chi connectivity index (χ3n) is 3.29. The SMILES string of the molecule is O[C@H]1CCCC[C@@H]1Nc1ccc(C(F)(F)F)cc1. The van der Waals surface area contributed by atoms with Gasteiger partial charge in [0.1, 0.15) is 0 Å². The van der Waals surface area contributed by atoms with Gasteiger partial charge in [-0.25, -0.2) is 0 Å². The van der Waals surface area contributed by atoms with Gasteiger partial charge in [0.15, 0.2) is 0 Å². The molecule has 100 valence electrons. The zero-order valence-electron chi connectivity index (χ0n) is 9.87. The highest BCUT2D eigenvalue weighted by atomic mass is 19.4. The van der Waals surface area contributed by atoms with Gasteiger partial charge in [0.05, 0.1) is 17.7 Å². The van der Waals surface area contributed by atoms with Crippen LogP contribution in [0.3, 0.4) is 0 Å². The Kier molecular flexibility index (Phi) is 3.80. The highest BCUT2D eigenvalue weighted by Gasteiger charge is 2.30. The van der Waals surface area contributed by atoms with Crippen molar-refractivity contribution in [3.05, 3.63) is 29.8 Å². The van der Waals surface area contributed by atoms with Crippen molar-refractivity contribution in [2.24, 2.45) is 0 Å². The lowest BCUT2D eigenvalue weighted by Gasteiger charge is -2.29. The van der Waals surface area contributed by atoms with Crippen LogP contribution in [-0.4, -0.2) is 17.3 Å². The van der Waals surface area contributed by atoms with Crippen LogP contribution in [0, 0.1) is 0 Å². The molecule has 1 aromatic carbocycles. The Hall–Kier alpha value is -1.23. The minimum Gasteiger partial charge on any atom is -0.391 e. The molecule has 1 saturated carbocycles. The summed E-state index contributed by atoms with van der Waals surface area (Å²) < 4.78 is 37.1. The zero-order valence-corrected chi connectivity index (χ0v) is 9.87. The summed E-state index contributed by atoms with van der Waals surface area (Å²) in [5, 5.41) is 12.9. The van der Waals surface area contributed by atoms with Gasteiger partial charge < -0.3 is 10.4 Å². The predicted molar refractivity (Wildman–Crippen MR) is 63.3 cm³/mol. The molecule has 0 spiro atoms. The highest BCUT2D eigenvalue weighted by molar-refractivity contribution is 5.46. The Bertz CT molecular complexity index is 388. The molecule has 1 aliphatic rings. The molecule has 1 aromatic rings. The number of hydrogen-bond donors (Lipinski definition) is 2. The van der Waals surface area contributed by atoms with E-state index in [-0.39, 0.29) is 6.04 Å². The maximum atomic E-state index is 12.4. The first-order valence-electron chi connectivity index (χ1n) is 6.09. The van der Waals surface area contributed by atoms with Crippen molar-refractivity contribution >= 4 is 5.69 Å². The highest BCUT2D eigenvalue weighted by Crippen LogP contribution is 2.30. The molecule has 0 amide bonds. The summed E-state index contributed by atoms with van der Waals surface area (Å²) in [6.07, 6.45) is -1.08. The Labute approximate surface area is 104 Å². The van der Waals surface area contributed by atoms with Crippen LogP contribution in [0.25, 0.3) is 0 Å². The van der Waals surface area contributed by atoms with Crippen molar-refractivity contribution in [3.8, 4) is 0 Å². The van der Waals surface area contributed by atoms with Crippen molar-refractivity contribution in [1.82, 2.24) is 0 Å². The van der Waals surface area contributed by atoms with E-state index in [9.17, 15) is 18.3 Å². The lowest BCUT2D eigenvalue weighted by Crippen LogP contribution is -2.36. The molecule has 2 N–H and O–H groups in total. The summed E-state index contributed by atoms with van der Waals surface area (Å²) in [5.74, 6) is 0. The van der Waals surface area contributed by atoms with Crippen LogP contribution in [0.1, 0.15) is 31.2 Å². The topological polar surface area (TPSA) is 32.3 Å². The van der Waals surface area contributed by atoms with Crippen LogP contribution in [0.4, 0.5) is 18.9 Å². The largest absolute Gasteiger partial charge is 0.416 e. The molecule has 1 fully saturated rings. The number of nitrogens with one attached hydrogen (secondary N) is 1. The molecule has 0 aromatic heterocycles. The quantitative estimate of drug-likeness (QED) is 0.853. The second kappa shape index (κ2) is 5.18. The second-order valence-corrected chi connectivity index (χ2v) is 4.68. The Morgan fingerprint density at radius 1 is 1.06 bits per heavy atom. The molecule has 0 bridgehead atoms. The van der Waals surface area contributed by atoms with Crippen LogP contribution >= 0.6 is 0 Å². The minimum atomic E-state index is -4.30. The van der Waals surface area contributed by atoms with Gasteiger partial charge in [0.2, 0.25) is 0 Å². The van der Waals surface area contributed by atoms with Gasteiger partial charge >= 0.3 is 6.18 Å². The number of halogens is 3. The lowest BCUT2D eigenvalue weighted by molar-refractivity contribution is -0.137. The van der Waals surface area contributed by atoms with E-state index < -0.39 is 17.8 Å². The number of hydrogen-bond acceptors (Lipinski definition) is 2. The van der Waals surface area contributed by atoms with Gasteiger partial charge in [-0.05, 0) is 37.1 Å². The monoisotopic (exact) mass is 259 g/mol. The Morgan fingerprint density at radius 2 is 1.67 bits per heavy atom. The van der Waals surface area contributed by atoms with Crippen molar-refractivity contribution in [2.45, 2.75) is 44.0 Å². The number of aliphatic hydroxyl groups excluding tert-OH is 1. The van der Waals surface area contributed by atoms with E-state index in [2.05, 4.69) is 5.32 Å². The molecule has 0 aliphatic heterocycles. The fourth-order valence-electron chi connectivity index (χ4n) is 2.25. The fourth-order valence-corrected chi connectivity index (χ4v) is 2.25. The van der Waals surface area contributed by atoms with E-state index in [1.165, 1.54) is 12.1 Å². The standard InChI is InChI=1S/C13H16F3NO/c14-13(15,16)9-5-7-10(8-6-9)17-11-3-1-2-4-12(11)18/h5-8,11-12,17-18H,1-4H2/t11-,12-/m0/s1. The molecular formula is C13H16F3NO. The van der Waals surface area contributed by atoms with Crippen LogP contribution in [0.15, 0.2) is 24.3 Å². The first-order valence-corrected chi connectivity index (χ1v) is 6.09. The molecule has 0 saturated heterocycles. The zero-order chi connectivity index (χ0) is 13.2. The van der Waals surface area contributed by atoms with E-state index in [0.29, 0.717) is 5.69 Å². The summed E-state index contributed by atoms with van der Waals surface area (Å²) in [4.78, 5) is 0. The summed E-state index contributed by atoms with van der Waals surface area (Å²) in [5.41, 5.74) is -0.0359. The molecule has 0 radical (unpaired) electrons. The van der Waals surface area contributed by atoms with Crippen LogP contribution in [0.2, 0.25) is 0 Å². The predicted octanol–water partition coefficient (Wildman–Crippen LogP) is 3.42. The van der Waals surface area contributed by atoms with Gasteiger partial charge in [-0.3, -0.25) is 0 Å². The van der Waals surface area contributed by atoms with Crippen LogP contribution in [-0.2, 0) is 6.18 Å². The van der Waals surface area contributed by atoms with Crippen molar-refractivity contribution < 1.29 is 18.3 Å². The number of benzene rings is 1. The molecule has 18 heavy (non-hydrogen) atoms. The average molecular weight is 259 g/mol.